The van der Waals surface area contributed by atoms with Crippen molar-refractivity contribution < 1.29 is 9.26 Å². The van der Waals surface area contributed by atoms with Crippen LogP contribution in [-0.4, -0.2) is 16.8 Å². The summed E-state index contributed by atoms with van der Waals surface area (Å²) in [6.07, 6.45) is 0.975. The van der Waals surface area contributed by atoms with Crippen LogP contribution in [0.1, 0.15) is 52.5 Å². The molecule has 0 unspecified atom stereocenters. The Labute approximate surface area is 104 Å². The first-order chi connectivity index (χ1) is 7.93. The van der Waals surface area contributed by atoms with Gasteiger partial charge in [0.15, 0.2) is 5.76 Å². The average molecular weight is 240 g/mol. The topological polar surface area (TPSA) is 47.3 Å². The summed E-state index contributed by atoms with van der Waals surface area (Å²) in [6, 6.07) is 2.40. The van der Waals surface area contributed by atoms with Gasteiger partial charge in [0.2, 0.25) is 0 Å². The summed E-state index contributed by atoms with van der Waals surface area (Å²) in [5.41, 5.74) is 0.815. The van der Waals surface area contributed by atoms with Gasteiger partial charge in [0, 0.05) is 18.7 Å². The summed E-state index contributed by atoms with van der Waals surface area (Å²) < 4.78 is 11.0. The zero-order valence-electron chi connectivity index (χ0n) is 11.5. The van der Waals surface area contributed by atoms with E-state index in [0.717, 1.165) is 24.4 Å². The van der Waals surface area contributed by atoms with E-state index in [0.29, 0.717) is 12.6 Å². The largest absolute Gasteiger partial charge is 0.368 e. The maximum Gasteiger partial charge on any atom is 0.162 e. The minimum absolute atomic E-state index is 0.108. The van der Waals surface area contributed by atoms with Gasteiger partial charge in [0.05, 0.1) is 11.3 Å². The van der Waals surface area contributed by atoms with Gasteiger partial charge in [-0.15, -0.1) is 0 Å². The molecule has 0 atom stereocenters. The predicted octanol–water partition coefficient (Wildman–Crippen LogP) is 2.88. The van der Waals surface area contributed by atoms with Gasteiger partial charge in [-0.1, -0.05) is 25.9 Å². The fourth-order valence-electron chi connectivity index (χ4n) is 1.18. The molecule has 1 N–H and O–H groups in total. The van der Waals surface area contributed by atoms with Crippen LogP contribution in [0.3, 0.4) is 0 Å². The lowest BCUT2D eigenvalue weighted by molar-refractivity contribution is -0.0398. The number of hydrogen-bond acceptors (Lipinski definition) is 4. The summed E-state index contributed by atoms with van der Waals surface area (Å²) in [5.74, 6) is 0.784. The highest BCUT2D eigenvalue weighted by atomic mass is 16.5. The Bertz CT molecular complexity index is 332. The Balaban J connectivity index is 2.40. The van der Waals surface area contributed by atoms with Gasteiger partial charge in [0.1, 0.15) is 6.61 Å². The Morgan fingerprint density at radius 1 is 1.47 bits per heavy atom. The van der Waals surface area contributed by atoms with Gasteiger partial charge in [-0.2, -0.15) is 0 Å². The van der Waals surface area contributed by atoms with E-state index >= 15 is 0 Å². The van der Waals surface area contributed by atoms with Crippen molar-refractivity contribution in [1.29, 1.82) is 0 Å². The molecular formula is C13H24N2O2. The van der Waals surface area contributed by atoms with E-state index in [1.54, 1.807) is 0 Å². The molecule has 0 saturated heterocycles. The molecule has 0 amide bonds. The molecule has 0 saturated carbocycles. The highest BCUT2D eigenvalue weighted by molar-refractivity contribution is 5.04. The van der Waals surface area contributed by atoms with E-state index in [9.17, 15) is 0 Å². The molecule has 98 valence electrons. The van der Waals surface area contributed by atoms with Crippen molar-refractivity contribution in [3.05, 3.63) is 17.5 Å². The monoisotopic (exact) mass is 240 g/mol. The molecule has 0 fully saturated rings. The zero-order valence-corrected chi connectivity index (χ0v) is 11.5. The van der Waals surface area contributed by atoms with Gasteiger partial charge in [0.25, 0.3) is 0 Å². The first kappa shape index (κ1) is 14.2. The molecule has 4 nitrogen and oxygen atoms in total. The SMILES string of the molecule is CCC(C)(C)OCc1cc(CNC(C)C)no1. The van der Waals surface area contributed by atoms with Crippen molar-refractivity contribution >= 4 is 0 Å². The molecular weight excluding hydrogens is 216 g/mol. The van der Waals surface area contributed by atoms with E-state index < -0.39 is 0 Å². The van der Waals surface area contributed by atoms with Crippen LogP contribution in [0, 0.1) is 0 Å². The van der Waals surface area contributed by atoms with E-state index in [2.05, 4.69) is 45.1 Å². The van der Waals surface area contributed by atoms with Crippen LogP contribution in [-0.2, 0) is 17.9 Å². The van der Waals surface area contributed by atoms with Crippen molar-refractivity contribution in [3.8, 4) is 0 Å². The molecule has 1 heterocycles. The second-order valence-electron chi connectivity index (χ2n) is 5.22. The fraction of sp³-hybridized carbons (Fsp3) is 0.769. The highest BCUT2D eigenvalue weighted by Gasteiger charge is 2.16. The Kier molecular flexibility index (Phi) is 5.15. The third-order valence-corrected chi connectivity index (χ3v) is 2.76. The standard InChI is InChI=1S/C13H24N2O2/c1-6-13(4,5)16-9-12-7-11(15-17-12)8-14-10(2)3/h7,10,14H,6,8-9H2,1-5H3. The molecule has 0 aliphatic heterocycles. The maximum atomic E-state index is 5.75. The second-order valence-corrected chi connectivity index (χ2v) is 5.22. The molecule has 0 aliphatic carbocycles. The smallest absolute Gasteiger partial charge is 0.162 e. The van der Waals surface area contributed by atoms with Crippen LogP contribution in [0.5, 0.6) is 0 Å². The van der Waals surface area contributed by atoms with E-state index in [1.165, 1.54) is 0 Å². The zero-order chi connectivity index (χ0) is 12.9. The van der Waals surface area contributed by atoms with Gasteiger partial charge in [-0.25, -0.2) is 0 Å². The number of ether oxygens (including phenoxy) is 1. The first-order valence-electron chi connectivity index (χ1n) is 6.25. The number of rotatable bonds is 7. The molecule has 0 bridgehead atoms. The molecule has 1 aromatic heterocycles. The quantitative estimate of drug-likeness (QED) is 0.796. The summed E-state index contributed by atoms with van der Waals surface area (Å²) in [6.45, 7) is 11.7. The van der Waals surface area contributed by atoms with Crippen molar-refractivity contribution in [2.45, 2.75) is 65.8 Å². The maximum absolute atomic E-state index is 5.75. The molecule has 1 rings (SSSR count). The molecule has 0 aliphatic rings. The summed E-state index contributed by atoms with van der Waals surface area (Å²) in [4.78, 5) is 0. The second kappa shape index (κ2) is 6.17. The van der Waals surface area contributed by atoms with Crippen LogP contribution in [0.2, 0.25) is 0 Å². The van der Waals surface area contributed by atoms with Gasteiger partial charge in [-0.05, 0) is 20.3 Å². The lowest BCUT2D eigenvalue weighted by atomic mass is 10.1. The molecule has 4 heteroatoms. The summed E-state index contributed by atoms with van der Waals surface area (Å²) >= 11 is 0. The third-order valence-electron chi connectivity index (χ3n) is 2.76. The van der Waals surface area contributed by atoms with E-state index in [4.69, 9.17) is 9.26 Å². The molecule has 17 heavy (non-hydrogen) atoms. The van der Waals surface area contributed by atoms with Crippen molar-refractivity contribution in [1.82, 2.24) is 10.5 Å². The van der Waals surface area contributed by atoms with E-state index in [-0.39, 0.29) is 5.60 Å². The normalized spacial score (nSPS) is 12.4. The molecule has 1 aromatic rings. The molecule has 0 spiro atoms. The minimum Gasteiger partial charge on any atom is -0.368 e. The Hall–Kier alpha value is -0.870. The number of nitrogens with zero attached hydrogens (tertiary/aromatic N) is 1. The van der Waals surface area contributed by atoms with E-state index in [1.807, 2.05) is 6.07 Å². The third kappa shape index (κ3) is 5.33. The Morgan fingerprint density at radius 2 is 2.18 bits per heavy atom. The summed E-state index contributed by atoms with van der Waals surface area (Å²) in [7, 11) is 0. The fourth-order valence-corrected chi connectivity index (χ4v) is 1.18. The molecule has 0 aromatic carbocycles. The Morgan fingerprint density at radius 3 is 2.76 bits per heavy atom. The minimum atomic E-state index is -0.108. The highest BCUT2D eigenvalue weighted by Crippen LogP contribution is 2.16. The lowest BCUT2D eigenvalue weighted by Crippen LogP contribution is -2.22. The molecule has 0 radical (unpaired) electrons. The van der Waals surface area contributed by atoms with Crippen molar-refractivity contribution in [2.75, 3.05) is 0 Å². The predicted molar refractivity (Wildman–Crippen MR) is 67.6 cm³/mol. The van der Waals surface area contributed by atoms with Crippen LogP contribution < -0.4 is 5.32 Å². The summed E-state index contributed by atoms with van der Waals surface area (Å²) in [5, 5.41) is 7.29. The van der Waals surface area contributed by atoms with Crippen LogP contribution in [0.15, 0.2) is 10.6 Å². The lowest BCUT2D eigenvalue weighted by Gasteiger charge is -2.22. The van der Waals surface area contributed by atoms with Crippen molar-refractivity contribution in [3.63, 3.8) is 0 Å². The average Bonchev–Trinajstić information content (AvgIpc) is 2.72. The van der Waals surface area contributed by atoms with Crippen LogP contribution in [0.4, 0.5) is 0 Å². The number of aromatic nitrogens is 1. The van der Waals surface area contributed by atoms with Crippen LogP contribution in [0.25, 0.3) is 0 Å². The van der Waals surface area contributed by atoms with Crippen molar-refractivity contribution in [2.24, 2.45) is 0 Å². The van der Waals surface area contributed by atoms with Gasteiger partial charge < -0.3 is 14.6 Å². The number of nitrogens with one attached hydrogen (secondary N) is 1. The first-order valence-corrected chi connectivity index (χ1v) is 6.25. The van der Waals surface area contributed by atoms with Gasteiger partial charge in [-0.3, -0.25) is 0 Å². The van der Waals surface area contributed by atoms with Crippen LogP contribution >= 0.6 is 0 Å². The van der Waals surface area contributed by atoms with Gasteiger partial charge >= 0.3 is 0 Å². The number of hydrogen-bond donors (Lipinski definition) is 1.